The monoisotopic (exact) mass is 342 g/mol. The minimum absolute atomic E-state index is 0.000985. The van der Waals surface area contributed by atoms with Crippen molar-refractivity contribution in [2.75, 3.05) is 30.8 Å². The number of benzene rings is 1. The number of esters is 1. The fourth-order valence-corrected chi connectivity index (χ4v) is 2.87. The van der Waals surface area contributed by atoms with E-state index in [-0.39, 0.29) is 24.4 Å². The molecule has 0 aliphatic heterocycles. The molecule has 0 radical (unpaired) electrons. The predicted molar refractivity (Wildman–Crippen MR) is 87.9 cm³/mol. The predicted octanol–water partition coefficient (Wildman–Crippen LogP) is 1.16. The Morgan fingerprint density at radius 3 is 2.57 bits per heavy atom. The van der Waals surface area contributed by atoms with Gasteiger partial charge in [-0.15, -0.1) is 0 Å². The number of carbonyl (C=O) groups excluding carboxylic acids is 2. The van der Waals surface area contributed by atoms with E-state index in [2.05, 4.69) is 10.1 Å². The minimum Gasteiger partial charge on any atom is -0.465 e. The summed E-state index contributed by atoms with van der Waals surface area (Å²) < 4.78 is 29.7. The molecule has 0 saturated carbocycles. The first-order chi connectivity index (χ1) is 10.8. The molecule has 0 atom stereocenters. The Kier molecular flexibility index (Phi) is 7.02. The summed E-state index contributed by atoms with van der Waals surface area (Å²) in [5.41, 5.74) is 0.563. The molecule has 0 spiro atoms. The Balaban J connectivity index is 2.95. The van der Waals surface area contributed by atoms with Crippen LogP contribution in [-0.4, -0.2) is 46.7 Å². The second-order valence-corrected chi connectivity index (χ2v) is 6.88. The summed E-state index contributed by atoms with van der Waals surface area (Å²) in [5.74, 6) is -0.773. The molecular formula is C15H22N2O5S. The minimum atomic E-state index is -3.58. The maximum atomic E-state index is 12.0. The zero-order chi connectivity index (χ0) is 17.5. The Labute approximate surface area is 136 Å². The van der Waals surface area contributed by atoms with Crippen molar-refractivity contribution >= 4 is 27.6 Å². The quantitative estimate of drug-likeness (QED) is 0.716. The average molecular weight is 342 g/mol. The number of carbonyl (C=O) groups is 2. The van der Waals surface area contributed by atoms with Crippen molar-refractivity contribution in [2.24, 2.45) is 0 Å². The van der Waals surface area contributed by atoms with Gasteiger partial charge in [-0.1, -0.05) is 13.0 Å². The van der Waals surface area contributed by atoms with E-state index in [9.17, 15) is 18.0 Å². The number of amides is 1. The Bertz CT molecular complexity index is 658. The molecule has 128 valence electrons. The van der Waals surface area contributed by atoms with E-state index in [1.807, 2.05) is 6.92 Å². The fraction of sp³-hybridized carbons (Fsp3) is 0.467. The second kappa shape index (κ2) is 8.52. The zero-order valence-electron chi connectivity index (χ0n) is 13.5. The number of hydrogen-bond donors (Lipinski definition) is 1. The van der Waals surface area contributed by atoms with Crippen LogP contribution in [0, 0.1) is 0 Å². The lowest BCUT2D eigenvalue weighted by molar-refractivity contribution is -0.120. The third kappa shape index (κ3) is 5.90. The first-order valence-corrected chi connectivity index (χ1v) is 9.07. The summed E-state index contributed by atoms with van der Waals surface area (Å²) in [6.45, 7) is 2.48. The summed E-state index contributed by atoms with van der Waals surface area (Å²) in [5, 5.41) is 2.69. The molecule has 0 aliphatic rings. The van der Waals surface area contributed by atoms with Crippen LogP contribution < -0.4 is 9.62 Å². The second-order valence-electron chi connectivity index (χ2n) is 4.98. The summed E-state index contributed by atoms with van der Waals surface area (Å²) in [4.78, 5) is 23.2. The molecule has 0 heterocycles. The van der Waals surface area contributed by atoms with Gasteiger partial charge in [0.1, 0.15) is 0 Å². The number of sulfonamides is 1. The topological polar surface area (TPSA) is 92.8 Å². The van der Waals surface area contributed by atoms with E-state index >= 15 is 0 Å². The van der Waals surface area contributed by atoms with Crippen molar-refractivity contribution in [3.8, 4) is 0 Å². The van der Waals surface area contributed by atoms with Gasteiger partial charge < -0.3 is 10.1 Å². The molecule has 0 saturated heterocycles. The van der Waals surface area contributed by atoms with Gasteiger partial charge in [0, 0.05) is 19.5 Å². The van der Waals surface area contributed by atoms with E-state index in [4.69, 9.17) is 0 Å². The summed E-state index contributed by atoms with van der Waals surface area (Å²) in [7, 11) is -2.33. The Morgan fingerprint density at radius 1 is 1.30 bits per heavy atom. The van der Waals surface area contributed by atoms with Crippen molar-refractivity contribution in [3.05, 3.63) is 29.8 Å². The molecule has 7 nitrogen and oxygen atoms in total. The van der Waals surface area contributed by atoms with Gasteiger partial charge in [-0.3, -0.25) is 9.10 Å². The highest BCUT2D eigenvalue weighted by Gasteiger charge is 2.19. The number of ether oxygens (including phenoxy) is 1. The Morgan fingerprint density at radius 2 is 2.00 bits per heavy atom. The van der Waals surface area contributed by atoms with Gasteiger partial charge in [0.15, 0.2) is 0 Å². The van der Waals surface area contributed by atoms with Crippen LogP contribution in [0.3, 0.4) is 0 Å². The first kappa shape index (κ1) is 19.0. The van der Waals surface area contributed by atoms with Crippen LogP contribution in [0.15, 0.2) is 24.3 Å². The van der Waals surface area contributed by atoms with Gasteiger partial charge in [-0.05, 0) is 24.6 Å². The zero-order valence-corrected chi connectivity index (χ0v) is 14.4. The lowest BCUT2D eigenvalue weighted by Gasteiger charge is -2.22. The maximum Gasteiger partial charge on any atom is 0.337 e. The summed E-state index contributed by atoms with van der Waals surface area (Å²) >= 11 is 0. The molecule has 1 aromatic carbocycles. The number of methoxy groups -OCH3 is 1. The molecule has 1 aromatic rings. The Hall–Kier alpha value is -2.09. The SMILES string of the molecule is CCCNC(=O)CCN(c1cccc(C(=O)OC)c1)S(C)(=O)=O. The molecule has 1 N–H and O–H groups in total. The lowest BCUT2D eigenvalue weighted by atomic mass is 10.2. The van der Waals surface area contributed by atoms with Crippen LogP contribution in [0.25, 0.3) is 0 Å². The maximum absolute atomic E-state index is 12.0. The van der Waals surface area contributed by atoms with Crippen LogP contribution in [-0.2, 0) is 19.6 Å². The number of nitrogens with one attached hydrogen (secondary N) is 1. The molecule has 0 unspecified atom stereocenters. The number of nitrogens with zero attached hydrogens (tertiary/aromatic N) is 1. The highest BCUT2D eigenvalue weighted by atomic mass is 32.2. The third-order valence-electron chi connectivity index (χ3n) is 3.07. The van der Waals surface area contributed by atoms with Crippen molar-refractivity contribution in [1.82, 2.24) is 5.32 Å². The average Bonchev–Trinajstić information content (AvgIpc) is 2.51. The highest BCUT2D eigenvalue weighted by molar-refractivity contribution is 7.92. The molecular weight excluding hydrogens is 320 g/mol. The van der Waals surface area contributed by atoms with E-state index < -0.39 is 16.0 Å². The van der Waals surface area contributed by atoms with E-state index in [1.165, 1.54) is 19.2 Å². The van der Waals surface area contributed by atoms with Gasteiger partial charge in [-0.25, -0.2) is 13.2 Å². The molecule has 0 fully saturated rings. The molecule has 8 heteroatoms. The van der Waals surface area contributed by atoms with Crippen molar-refractivity contribution in [2.45, 2.75) is 19.8 Å². The van der Waals surface area contributed by atoms with E-state index in [0.717, 1.165) is 17.0 Å². The summed E-state index contributed by atoms with van der Waals surface area (Å²) in [6, 6.07) is 6.09. The van der Waals surface area contributed by atoms with Crippen LogP contribution >= 0.6 is 0 Å². The number of rotatable bonds is 8. The van der Waals surface area contributed by atoms with Crippen LogP contribution in [0.4, 0.5) is 5.69 Å². The van der Waals surface area contributed by atoms with Gasteiger partial charge in [0.05, 0.1) is 24.6 Å². The third-order valence-corrected chi connectivity index (χ3v) is 4.26. The van der Waals surface area contributed by atoms with Gasteiger partial charge in [-0.2, -0.15) is 0 Å². The fourth-order valence-electron chi connectivity index (χ4n) is 1.95. The van der Waals surface area contributed by atoms with Gasteiger partial charge in [0.25, 0.3) is 0 Å². The van der Waals surface area contributed by atoms with Crippen LogP contribution in [0.5, 0.6) is 0 Å². The van der Waals surface area contributed by atoms with Gasteiger partial charge in [0.2, 0.25) is 15.9 Å². The first-order valence-electron chi connectivity index (χ1n) is 7.22. The van der Waals surface area contributed by atoms with E-state index in [0.29, 0.717) is 12.2 Å². The number of anilines is 1. The van der Waals surface area contributed by atoms with Crippen molar-refractivity contribution < 1.29 is 22.7 Å². The number of hydrogen-bond acceptors (Lipinski definition) is 5. The molecule has 0 bridgehead atoms. The molecule has 1 amide bonds. The van der Waals surface area contributed by atoms with Gasteiger partial charge >= 0.3 is 5.97 Å². The smallest absolute Gasteiger partial charge is 0.337 e. The molecule has 0 aromatic heterocycles. The van der Waals surface area contributed by atoms with Crippen LogP contribution in [0.1, 0.15) is 30.1 Å². The lowest BCUT2D eigenvalue weighted by Crippen LogP contribution is -2.35. The van der Waals surface area contributed by atoms with Crippen LogP contribution in [0.2, 0.25) is 0 Å². The highest BCUT2D eigenvalue weighted by Crippen LogP contribution is 2.20. The molecule has 1 rings (SSSR count). The van der Waals surface area contributed by atoms with Crippen molar-refractivity contribution in [3.63, 3.8) is 0 Å². The normalized spacial score (nSPS) is 10.9. The summed E-state index contributed by atoms with van der Waals surface area (Å²) in [6.07, 6.45) is 1.90. The van der Waals surface area contributed by atoms with Crippen molar-refractivity contribution in [1.29, 1.82) is 0 Å². The van der Waals surface area contributed by atoms with E-state index in [1.54, 1.807) is 12.1 Å². The standard InChI is InChI=1S/C15H22N2O5S/c1-4-9-16-14(18)8-10-17(23(3,20)21)13-7-5-6-12(11-13)15(19)22-2/h5-7,11H,4,8-10H2,1-3H3,(H,16,18). The molecule has 0 aliphatic carbocycles. The largest absolute Gasteiger partial charge is 0.465 e. The molecule has 23 heavy (non-hydrogen) atoms.